The molecule has 0 N–H and O–H groups in total. The van der Waals surface area contributed by atoms with Gasteiger partial charge in [0.2, 0.25) is 5.75 Å². The Morgan fingerprint density at radius 3 is 2.24 bits per heavy atom. The Balaban J connectivity index is 1.80. The summed E-state index contributed by atoms with van der Waals surface area (Å²) in [6.45, 7) is 1.95. The van der Waals surface area contributed by atoms with Crippen LogP contribution in [0.15, 0.2) is 87.0 Å². The van der Waals surface area contributed by atoms with Gasteiger partial charge in [-0.25, -0.2) is 9.79 Å². The predicted molar refractivity (Wildman–Crippen MR) is 165 cm³/mol. The molecule has 1 aromatic heterocycles. The second kappa shape index (κ2) is 12.7. The number of methoxy groups -OCH3 is 3. The summed E-state index contributed by atoms with van der Waals surface area (Å²) in [4.78, 5) is 34.2. The number of carbonyl (C=O) groups excluding carboxylic acids is 1. The van der Waals surface area contributed by atoms with Crippen LogP contribution >= 0.6 is 23.1 Å². The van der Waals surface area contributed by atoms with Gasteiger partial charge >= 0.3 is 5.97 Å². The highest BCUT2D eigenvalue weighted by Crippen LogP contribution is 2.39. The first-order valence-electron chi connectivity index (χ1n) is 13.2. The lowest BCUT2D eigenvalue weighted by Crippen LogP contribution is -2.40. The number of fused-ring (bicyclic) bond motifs is 1. The van der Waals surface area contributed by atoms with Gasteiger partial charge in [-0.05, 0) is 54.6 Å². The van der Waals surface area contributed by atoms with Gasteiger partial charge in [0.15, 0.2) is 16.3 Å². The van der Waals surface area contributed by atoms with E-state index in [9.17, 15) is 9.59 Å². The normalized spacial score (nSPS) is 14.7. The van der Waals surface area contributed by atoms with Gasteiger partial charge in [0.05, 0.1) is 49.8 Å². The third kappa shape index (κ3) is 5.47. The zero-order chi connectivity index (χ0) is 29.8. The first kappa shape index (κ1) is 29.2. The van der Waals surface area contributed by atoms with Gasteiger partial charge in [-0.15, -0.1) is 11.8 Å². The number of esters is 1. The van der Waals surface area contributed by atoms with Crippen LogP contribution in [0.1, 0.15) is 29.7 Å². The molecule has 0 bridgehead atoms. The number of thiazole rings is 1. The fourth-order valence-electron chi connectivity index (χ4n) is 4.88. The second-order valence-electron chi connectivity index (χ2n) is 9.16. The molecule has 0 saturated carbocycles. The van der Waals surface area contributed by atoms with Crippen LogP contribution in [-0.2, 0) is 9.53 Å². The number of hydrogen-bond donors (Lipinski definition) is 0. The van der Waals surface area contributed by atoms with Crippen molar-refractivity contribution in [1.29, 1.82) is 0 Å². The van der Waals surface area contributed by atoms with Crippen LogP contribution in [-0.4, -0.2) is 44.7 Å². The number of benzene rings is 3. The predicted octanol–water partition coefficient (Wildman–Crippen LogP) is 4.68. The summed E-state index contributed by atoms with van der Waals surface area (Å²) in [5, 5.41) is 0. The van der Waals surface area contributed by atoms with E-state index in [1.807, 2.05) is 60.9 Å². The molecule has 8 nitrogen and oxygen atoms in total. The lowest BCUT2D eigenvalue weighted by molar-refractivity contribution is -0.138. The maximum atomic E-state index is 14.1. The Morgan fingerprint density at radius 2 is 1.67 bits per heavy atom. The second-order valence-corrected chi connectivity index (χ2v) is 11.1. The summed E-state index contributed by atoms with van der Waals surface area (Å²) < 4.78 is 24.0. The van der Waals surface area contributed by atoms with E-state index >= 15 is 0 Å². The van der Waals surface area contributed by atoms with Gasteiger partial charge in [0.25, 0.3) is 5.56 Å². The highest BCUT2D eigenvalue weighted by atomic mass is 32.2. The van der Waals surface area contributed by atoms with Crippen LogP contribution in [0.2, 0.25) is 0 Å². The van der Waals surface area contributed by atoms with Gasteiger partial charge in [-0.1, -0.05) is 53.8 Å². The molecule has 1 atom stereocenters. The molecule has 0 amide bonds. The Hall–Kier alpha value is -4.28. The summed E-state index contributed by atoms with van der Waals surface area (Å²) in [5.41, 5.74) is 2.73. The van der Waals surface area contributed by atoms with Crippen LogP contribution in [0, 0.1) is 0 Å². The van der Waals surface area contributed by atoms with Crippen LogP contribution in [0.25, 0.3) is 11.8 Å². The molecule has 10 heteroatoms. The summed E-state index contributed by atoms with van der Waals surface area (Å²) in [7, 11) is 4.62. The number of rotatable bonds is 9. The minimum atomic E-state index is -0.742. The largest absolute Gasteiger partial charge is 0.493 e. The van der Waals surface area contributed by atoms with Crippen molar-refractivity contribution in [2.45, 2.75) is 17.9 Å². The fraction of sp³-hybridized carbons (Fsp3) is 0.219. The lowest BCUT2D eigenvalue weighted by atomic mass is 9.93. The number of carbonyl (C=O) groups is 1. The van der Waals surface area contributed by atoms with E-state index in [2.05, 4.69) is 0 Å². The molecule has 0 unspecified atom stereocenters. The van der Waals surface area contributed by atoms with Gasteiger partial charge in [0, 0.05) is 10.5 Å². The van der Waals surface area contributed by atoms with Crippen molar-refractivity contribution in [3.05, 3.63) is 109 Å². The Morgan fingerprint density at radius 1 is 1.00 bits per heavy atom. The monoisotopic (exact) mass is 602 g/mol. The minimum absolute atomic E-state index is 0.189. The molecule has 2 heterocycles. The lowest BCUT2D eigenvalue weighted by Gasteiger charge is -2.26. The van der Waals surface area contributed by atoms with Crippen molar-refractivity contribution in [2.75, 3.05) is 34.2 Å². The molecule has 0 spiro atoms. The van der Waals surface area contributed by atoms with Gasteiger partial charge in [-0.3, -0.25) is 9.36 Å². The van der Waals surface area contributed by atoms with Crippen molar-refractivity contribution in [3.63, 3.8) is 0 Å². The molecule has 0 radical (unpaired) electrons. The van der Waals surface area contributed by atoms with Crippen LogP contribution in [0.5, 0.6) is 17.2 Å². The van der Waals surface area contributed by atoms with E-state index in [0.29, 0.717) is 43.4 Å². The van der Waals surface area contributed by atoms with E-state index in [1.54, 1.807) is 55.7 Å². The number of thioether (sulfide) groups is 1. The number of ether oxygens (including phenoxy) is 4. The Kier molecular flexibility index (Phi) is 8.84. The van der Waals surface area contributed by atoms with E-state index in [-0.39, 0.29) is 12.2 Å². The third-order valence-corrected chi connectivity index (χ3v) is 8.52. The highest BCUT2D eigenvalue weighted by molar-refractivity contribution is 7.98. The average molecular weight is 603 g/mol. The molecule has 5 rings (SSSR count). The third-order valence-electron chi connectivity index (χ3n) is 6.79. The minimum Gasteiger partial charge on any atom is -0.493 e. The molecule has 0 saturated heterocycles. The molecule has 216 valence electrons. The smallest absolute Gasteiger partial charge is 0.338 e. The van der Waals surface area contributed by atoms with Crippen LogP contribution in [0.4, 0.5) is 0 Å². The molecule has 0 aliphatic carbocycles. The van der Waals surface area contributed by atoms with E-state index < -0.39 is 12.0 Å². The topological polar surface area (TPSA) is 88.4 Å². The summed E-state index contributed by atoms with van der Waals surface area (Å²) in [6, 6.07) is 20.1. The molecule has 4 aromatic rings. The van der Waals surface area contributed by atoms with Crippen LogP contribution < -0.4 is 29.1 Å². The summed E-state index contributed by atoms with van der Waals surface area (Å²) in [6.07, 6.45) is 3.76. The summed E-state index contributed by atoms with van der Waals surface area (Å²) >= 11 is 2.87. The SMILES string of the molecule is CCOC(=O)C1=C(c2ccccc2)N=c2s/c(=C\c3cc(OC)c(OC)c(OC)c3)c(=O)n2[C@@H]1c1ccc(SC)cc1. The number of aromatic nitrogens is 1. The van der Waals surface area contributed by atoms with E-state index in [4.69, 9.17) is 23.9 Å². The quantitative estimate of drug-likeness (QED) is 0.203. The first-order valence-corrected chi connectivity index (χ1v) is 15.2. The van der Waals surface area contributed by atoms with Gasteiger partial charge in [0.1, 0.15) is 0 Å². The summed E-state index contributed by atoms with van der Waals surface area (Å²) in [5.74, 6) is 0.883. The fourth-order valence-corrected chi connectivity index (χ4v) is 6.29. The number of hydrogen-bond acceptors (Lipinski definition) is 9. The van der Waals surface area contributed by atoms with Gasteiger partial charge < -0.3 is 18.9 Å². The zero-order valence-electron chi connectivity index (χ0n) is 23.9. The van der Waals surface area contributed by atoms with E-state index in [0.717, 1.165) is 16.0 Å². The van der Waals surface area contributed by atoms with Crippen molar-refractivity contribution < 1.29 is 23.7 Å². The van der Waals surface area contributed by atoms with Gasteiger partial charge in [-0.2, -0.15) is 0 Å². The molecule has 42 heavy (non-hydrogen) atoms. The van der Waals surface area contributed by atoms with Crippen molar-refractivity contribution >= 4 is 40.8 Å². The Labute approximate surface area is 251 Å². The molecule has 3 aromatic carbocycles. The highest BCUT2D eigenvalue weighted by Gasteiger charge is 2.35. The van der Waals surface area contributed by atoms with Crippen molar-refractivity contribution in [3.8, 4) is 17.2 Å². The molecular weight excluding hydrogens is 572 g/mol. The molecule has 1 aliphatic rings. The first-order chi connectivity index (χ1) is 20.4. The van der Waals surface area contributed by atoms with Crippen molar-refractivity contribution in [1.82, 2.24) is 4.57 Å². The molecule has 0 fully saturated rings. The number of nitrogens with zero attached hydrogens (tertiary/aromatic N) is 2. The van der Waals surface area contributed by atoms with E-state index in [1.165, 1.54) is 18.4 Å². The maximum Gasteiger partial charge on any atom is 0.338 e. The Bertz CT molecular complexity index is 1800. The molecule has 1 aliphatic heterocycles. The molecular formula is C32H30N2O6S2. The van der Waals surface area contributed by atoms with Crippen LogP contribution in [0.3, 0.4) is 0 Å². The maximum absolute atomic E-state index is 14.1. The standard InChI is InChI=1S/C32H30N2O6S2/c1-6-40-31(36)26-27(20-10-8-7-9-11-20)33-32-34(28(26)21-12-14-22(41-5)15-13-21)30(35)25(42-32)18-19-16-23(37-2)29(39-4)24(17-19)38-3/h7-18,28H,6H2,1-5H3/b25-18-/t28-/m1/s1. The zero-order valence-corrected chi connectivity index (χ0v) is 25.5. The van der Waals surface area contributed by atoms with Crippen molar-refractivity contribution in [2.24, 2.45) is 4.99 Å². The average Bonchev–Trinajstić information content (AvgIpc) is 3.34.